The van der Waals surface area contributed by atoms with Gasteiger partial charge in [0.1, 0.15) is 0 Å². The molecule has 1 saturated heterocycles. The van der Waals surface area contributed by atoms with Crippen molar-refractivity contribution >= 4 is 5.91 Å². The van der Waals surface area contributed by atoms with E-state index in [9.17, 15) is 18.0 Å². The second kappa shape index (κ2) is 5.67. The summed E-state index contributed by atoms with van der Waals surface area (Å²) >= 11 is 0. The van der Waals surface area contributed by atoms with Crippen molar-refractivity contribution in [3.8, 4) is 0 Å². The second-order valence-corrected chi connectivity index (χ2v) is 5.64. The highest BCUT2D eigenvalue weighted by Gasteiger charge is 2.46. The van der Waals surface area contributed by atoms with E-state index in [1.54, 1.807) is 26.0 Å². The number of halogens is 3. The fraction of sp³-hybridized carbons (Fsp3) is 0.533. The van der Waals surface area contributed by atoms with E-state index in [-0.39, 0.29) is 19.1 Å². The Morgan fingerprint density at radius 1 is 1.24 bits per heavy atom. The van der Waals surface area contributed by atoms with Crippen LogP contribution in [0.1, 0.15) is 19.4 Å². The normalized spacial score (nSPS) is 20.4. The molecule has 1 aliphatic heterocycles. The Kier molecular flexibility index (Phi) is 4.27. The molecule has 2 rings (SSSR count). The minimum Gasteiger partial charge on any atom is -0.365 e. The lowest BCUT2D eigenvalue weighted by Gasteiger charge is -2.38. The molecule has 1 atom stereocenters. The highest BCUT2D eigenvalue weighted by atomic mass is 19.4. The van der Waals surface area contributed by atoms with Gasteiger partial charge in [0, 0.05) is 6.54 Å². The van der Waals surface area contributed by atoms with Crippen molar-refractivity contribution in [1.82, 2.24) is 4.90 Å². The lowest BCUT2D eigenvalue weighted by molar-refractivity contribution is -0.236. The molecule has 21 heavy (non-hydrogen) atoms. The molecule has 1 aromatic rings. The minimum atomic E-state index is -4.45. The summed E-state index contributed by atoms with van der Waals surface area (Å²) in [6, 6.07) is 9.06. The standard InChI is InChI=1S/C15H18F3NO2/c1-14(2,11-6-4-3-5-7-11)13(20)19-8-9-21-12(10-19)15(16,17)18/h3-7,12H,8-10H2,1-2H3/t12-/m0/s1. The lowest BCUT2D eigenvalue weighted by Crippen LogP contribution is -2.54. The van der Waals surface area contributed by atoms with Gasteiger partial charge in [0.15, 0.2) is 6.10 Å². The molecule has 0 aliphatic carbocycles. The summed E-state index contributed by atoms with van der Waals surface area (Å²) in [6.07, 6.45) is -6.35. The number of hydrogen-bond acceptors (Lipinski definition) is 2. The van der Waals surface area contributed by atoms with Crippen LogP contribution >= 0.6 is 0 Å². The molecule has 0 unspecified atom stereocenters. The average Bonchev–Trinajstić information content (AvgIpc) is 2.46. The number of ether oxygens (including phenoxy) is 1. The van der Waals surface area contributed by atoms with E-state index in [2.05, 4.69) is 0 Å². The molecule has 0 aromatic heterocycles. The number of nitrogens with zero attached hydrogens (tertiary/aromatic N) is 1. The zero-order valence-corrected chi connectivity index (χ0v) is 12.0. The molecule has 1 heterocycles. The van der Waals surface area contributed by atoms with Crippen LogP contribution in [0.4, 0.5) is 13.2 Å². The van der Waals surface area contributed by atoms with E-state index in [1.807, 2.05) is 18.2 Å². The predicted molar refractivity (Wildman–Crippen MR) is 71.8 cm³/mol. The van der Waals surface area contributed by atoms with Crippen LogP contribution in [0.15, 0.2) is 30.3 Å². The Bertz CT molecular complexity index is 499. The monoisotopic (exact) mass is 301 g/mol. The SMILES string of the molecule is CC(C)(C(=O)N1CCO[C@H](C(F)(F)F)C1)c1ccccc1. The molecule has 0 spiro atoms. The Hall–Kier alpha value is -1.56. The van der Waals surface area contributed by atoms with E-state index in [4.69, 9.17) is 4.74 Å². The van der Waals surface area contributed by atoms with Crippen LogP contribution in [0.2, 0.25) is 0 Å². The molecule has 0 radical (unpaired) electrons. The highest BCUT2D eigenvalue weighted by molar-refractivity contribution is 5.87. The van der Waals surface area contributed by atoms with Gasteiger partial charge in [-0.2, -0.15) is 13.2 Å². The van der Waals surface area contributed by atoms with Gasteiger partial charge in [-0.25, -0.2) is 0 Å². The smallest absolute Gasteiger partial charge is 0.365 e. The topological polar surface area (TPSA) is 29.5 Å². The van der Waals surface area contributed by atoms with Crippen LogP contribution in [0, 0.1) is 0 Å². The van der Waals surface area contributed by atoms with Crippen molar-refractivity contribution in [3.05, 3.63) is 35.9 Å². The van der Waals surface area contributed by atoms with Gasteiger partial charge in [0.25, 0.3) is 0 Å². The van der Waals surface area contributed by atoms with Crippen molar-refractivity contribution in [2.24, 2.45) is 0 Å². The third kappa shape index (κ3) is 3.37. The number of rotatable bonds is 2. The van der Waals surface area contributed by atoms with E-state index in [1.165, 1.54) is 4.90 Å². The first-order valence-electron chi connectivity index (χ1n) is 6.76. The van der Waals surface area contributed by atoms with Crippen LogP contribution in [0.5, 0.6) is 0 Å². The lowest BCUT2D eigenvalue weighted by atomic mass is 9.83. The third-order valence-corrected chi connectivity index (χ3v) is 3.75. The molecule has 3 nitrogen and oxygen atoms in total. The van der Waals surface area contributed by atoms with Crippen LogP contribution < -0.4 is 0 Å². The van der Waals surface area contributed by atoms with Crippen LogP contribution in [0.3, 0.4) is 0 Å². The minimum absolute atomic E-state index is 0.0964. The Balaban J connectivity index is 2.16. The Labute approximate surface area is 121 Å². The molecule has 116 valence electrons. The van der Waals surface area contributed by atoms with Gasteiger partial charge in [-0.1, -0.05) is 30.3 Å². The third-order valence-electron chi connectivity index (χ3n) is 3.75. The van der Waals surface area contributed by atoms with Crippen molar-refractivity contribution in [3.63, 3.8) is 0 Å². The molecule has 1 aliphatic rings. The van der Waals surface area contributed by atoms with Crippen LogP contribution in [0.25, 0.3) is 0 Å². The van der Waals surface area contributed by atoms with E-state index in [0.717, 1.165) is 5.56 Å². The molecule has 0 saturated carbocycles. The van der Waals surface area contributed by atoms with Crippen LogP contribution in [-0.4, -0.2) is 42.8 Å². The van der Waals surface area contributed by atoms with Gasteiger partial charge < -0.3 is 9.64 Å². The molecule has 0 N–H and O–H groups in total. The highest BCUT2D eigenvalue weighted by Crippen LogP contribution is 2.30. The second-order valence-electron chi connectivity index (χ2n) is 5.64. The van der Waals surface area contributed by atoms with Crippen molar-refractivity contribution in [1.29, 1.82) is 0 Å². The summed E-state index contributed by atoms with van der Waals surface area (Å²) in [5, 5.41) is 0. The van der Waals surface area contributed by atoms with Crippen molar-refractivity contribution < 1.29 is 22.7 Å². The van der Waals surface area contributed by atoms with Crippen LogP contribution in [-0.2, 0) is 14.9 Å². The van der Waals surface area contributed by atoms with Gasteiger partial charge in [0.05, 0.1) is 18.6 Å². The number of carbonyl (C=O) groups is 1. The zero-order valence-electron chi connectivity index (χ0n) is 12.0. The average molecular weight is 301 g/mol. The summed E-state index contributed by atoms with van der Waals surface area (Å²) in [4.78, 5) is 13.8. The number of hydrogen-bond donors (Lipinski definition) is 0. The first-order valence-corrected chi connectivity index (χ1v) is 6.76. The number of amides is 1. The molecule has 1 aromatic carbocycles. The quantitative estimate of drug-likeness (QED) is 0.840. The fourth-order valence-corrected chi connectivity index (χ4v) is 2.41. The summed E-state index contributed by atoms with van der Waals surface area (Å²) in [7, 11) is 0. The Morgan fingerprint density at radius 3 is 2.43 bits per heavy atom. The summed E-state index contributed by atoms with van der Waals surface area (Å²) in [6.45, 7) is 3.09. The van der Waals surface area contributed by atoms with E-state index >= 15 is 0 Å². The van der Waals surface area contributed by atoms with Gasteiger partial charge >= 0.3 is 6.18 Å². The molecule has 0 bridgehead atoms. The maximum atomic E-state index is 12.7. The summed E-state index contributed by atoms with van der Waals surface area (Å²) in [5.41, 5.74) is -0.0839. The van der Waals surface area contributed by atoms with E-state index < -0.39 is 24.2 Å². The van der Waals surface area contributed by atoms with Crippen molar-refractivity contribution in [2.75, 3.05) is 19.7 Å². The fourth-order valence-electron chi connectivity index (χ4n) is 2.41. The largest absolute Gasteiger partial charge is 0.416 e. The Morgan fingerprint density at radius 2 is 1.86 bits per heavy atom. The van der Waals surface area contributed by atoms with Gasteiger partial charge in [-0.15, -0.1) is 0 Å². The first-order chi connectivity index (χ1) is 9.73. The van der Waals surface area contributed by atoms with Gasteiger partial charge in [-0.3, -0.25) is 4.79 Å². The molecular formula is C15H18F3NO2. The van der Waals surface area contributed by atoms with E-state index in [0.29, 0.717) is 0 Å². The first kappa shape index (κ1) is 15.8. The number of benzene rings is 1. The molecule has 1 fully saturated rings. The molecule has 6 heteroatoms. The van der Waals surface area contributed by atoms with Gasteiger partial charge in [-0.05, 0) is 19.4 Å². The molecule has 1 amide bonds. The molecular weight excluding hydrogens is 283 g/mol. The number of alkyl halides is 3. The van der Waals surface area contributed by atoms with Gasteiger partial charge in [0.2, 0.25) is 5.91 Å². The maximum Gasteiger partial charge on any atom is 0.416 e. The number of morpholine rings is 1. The summed E-state index contributed by atoms with van der Waals surface area (Å²) < 4.78 is 42.9. The summed E-state index contributed by atoms with van der Waals surface area (Å²) in [5.74, 6) is -0.314. The maximum absolute atomic E-state index is 12.7. The number of carbonyl (C=O) groups excluding carboxylic acids is 1. The van der Waals surface area contributed by atoms with Crippen molar-refractivity contribution in [2.45, 2.75) is 31.5 Å². The predicted octanol–water partition coefficient (Wildman–Crippen LogP) is 2.75. The zero-order chi connectivity index (χ0) is 15.7.